The van der Waals surface area contributed by atoms with Crippen LogP contribution in [0.2, 0.25) is 5.02 Å². The van der Waals surface area contributed by atoms with Crippen molar-refractivity contribution >= 4 is 45.7 Å². The smallest absolute Gasteiger partial charge is 0.277 e. The number of para-hydroxylation sites is 1. The zero-order chi connectivity index (χ0) is 22.5. The van der Waals surface area contributed by atoms with E-state index in [0.717, 1.165) is 39.9 Å². The molecule has 4 rings (SSSR count). The molecule has 1 amide bonds. The van der Waals surface area contributed by atoms with Crippen molar-refractivity contribution in [2.45, 2.75) is 25.7 Å². The van der Waals surface area contributed by atoms with Gasteiger partial charge in [-0.15, -0.1) is 21.5 Å². The van der Waals surface area contributed by atoms with Crippen molar-refractivity contribution in [1.82, 2.24) is 15.2 Å². The van der Waals surface area contributed by atoms with Crippen molar-refractivity contribution < 1.29 is 13.9 Å². The number of halogens is 1. The highest BCUT2D eigenvalue weighted by molar-refractivity contribution is 7.99. The van der Waals surface area contributed by atoms with E-state index in [-0.39, 0.29) is 18.3 Å². The summed E-state index contributed by atoms with van der Waals surface area (Å²) in [5, 5.41) is 14.1. The molecule has 0 bridgehead atoms. The molecule has 164 valence electrons. The van der Waals surface area contributed by atoms with Crippen LogP contribution in [0.3, 0.4) is 0 Å². The highest BCUT2D eigenvalue weighted by atomic mass is 35.5. The van der Waals surface area contributed by atoms with Crippen LogP contribution >= 0.6 is 34.7 Å². The lowest BCUT2D eigenvalue weighted by atomic mass is 10.1. The van der Waals surface area contributed by atoms with Gasteiger partial charge >= 0.3 is 0 Å². The van der Waals surface area contributed by atoms with Crippen LogP contribution in [0, 0.1) is 13.8 Å². The summed E-state index contributed by atoms with van der Waals surface area (Å²) in [6.45, 7) is 4.13. The van der Waals surface area contributed by atoms with Crippen LogP contribution in [0.4, 0.5) is 5.13 Å². The van der Waals surface area contributed by atoms with Crippen LogP contribution in [-0.4, -0.2) is 26.8 Å². The molecule has 2 aromatic carbocycles. The number of ether oxygens (including phenoxy) is 1. The third kappa shape index (κ3) is 5.67. The van der Waals surface area contributed by atoms with E-state index in [1.165, 1.54) is 11.3 Å². The molecule has 2 aromatic heterocycles. The van der Waals surface area contributed by atoms with Gasteiger partial charge in [0.2, 0.25) is 5.91 Å². The molecule has 0 fully saturated rings. The number of hydrogen-bond acceptors (Lipinski definition) is 8. The van der Waals surface area contributed by atoms with Gasteiger partial charge in [-0.25, -0.2) is 4.98 Å². The molecule has 0 saturated carbocycles. The van der Waals surface area contributed by atoms with E-state index in [9.17, 15) is 4.79 Å². The maximum atomic E-state index is 12.3. The summed E-state index contributed by atoms with van der Waals surface area (Å²) < 4.78 is 11.4. The van der Waals surface area contributed by atoms with Crippen LogP contribution in [0.5, 0.6) is 5.75 Å². The maximum Gasteiger partial charge on any atom is 0.277 e. The molecule has 7 nitrogen and oxygen atoms in total. The Kier molecular flexibility index (Phi) is 7.09. The molecule has 0 saturated heterocycles. The first kappa shape index (κ1) is 22.3. The number of carbonyl (C=O) groups is 1. The molecular formula is C22H19ClN4O3S2. The molecule has 0 aliphatic heterocycles. The average molecular weight is 487 g/mol. The molecule has 32 heavy (non-hydrogen) atoms. The molecule has 0 spiro atoms. The number of rotatable bonds is 8. The predicted molar refractivity (Wildman–Crippen MR) is 126 cm³/mol. The number of hydrogen-bond donors (Lipinski definition) is 1. The van der Waals surface area contributed by atoms with Crippen molar-refractivity contribution in [3.05, 3.63) is 69.9 Å². The van der Waals surface area contributed by atoms with Gasteiger partial charge in [-0.2, -0.15) is 0 Å². The number of nitrogens with zero attached hydrogens (tertiary/aromatic N) is 3. The summed E-state index contributed by atoms with van der Waals surface area (Å²) in [5.41, 5.74) is 3.79. The molecule has 0 aliphatic carbocycles. The second-order valence-corrected chi connectivity index (χ2v) is 9.07. The van der Waals surface area contributed by atoms with E-state index in [1.54, 1.807) is 12.1 Å². The van der Waals surface area contributed by atoms with Gasteiger partial charge in [-0.1, -0.05) is 53.7 Å². The first-order valence-electron chi connectivity index (χ1n) is 9.63. The van der Waals surface area contributed by atoms with Crippen molar-refractivity contribution in [3.63, 3.8) is 0 Å². The number of benzene rings is 2. The number of thiazole rings is 1. The van der Waals surface area contributed by atoms with Gasteiger partial charge in [-0.05, 0) is 37.1 Å². The average Bonchev–Trinajstić information content (AvgIpc) is 3.42. The zero-order valence-electron chi connectivity index (χ0n) is 17.3. The summed E-state index contributed by atoms with van der Waals surface area (Å²) in [7, 11) is 0. The first-order valence-corrected chi connectivity index (χ1v) is 11.9. The van der Waals surface area contributed by atoms with Gasteiger partial charge in [0.1, 0.15) is 5.75 Å². The Morgan fingerprint density at radius 2 is 1.91 bits per heavy atom. The minimum atomic E-state index is -0.210. The summed E-state index contributed by atoms with van der Waals surface area (Å²) >= 11 is 8.43. The second-order valence-electron chi connectivity index (χ2n) is 6.85. The van der Waals surface area contributed by atoms with Crippen molar-refractivity contribution in [2.24, 2.45) is 0 Å². The van der Waals surface area contributed by atoms with Gasteiger partial charge in [0, 0.05) is 16.0 Å². The lowest BCUT2D eigenvalue weighted by molar-refractivity contribution is -0.113. The zero-order valence-corrected chi connectivity index (χ0v) is 19.7. The number of amides is 1. The fourth-order valence-corrected chi connectivity index (χ4v) is 4.32. The summed E-state index contributed by atoms with van der Waals surface area (Å²) in [6, 6.07) is 13.3. The van der Waals surface area contributed by atoms with E-state index in [0.29, 0.717) is 21.3 Å². The fraction of sp³-hybridized carbons (Fsp3) is 0.182. The number of anilines is 1. The van der Waals surface area contributed by atoms with Gasteiger partial charge in [0.15, 0.2) is 11.7 Å². The predicted octanol–water partition coefficient (Wildman–Crippen LogP) is 5.77. The Hall–Kier alpha value is -2.88. The minimum absolute atomic E-state index is 0.120. The molecule has 10 heteroatoms. The molecule has 1 N–H and O–H groups in total. The maximum absolute atomic E-state index is 12.3. The third-order valence-corrected chi connectivity index (χ3v) is 6.24. The summed E-state index contributed by atoms with van der Waals surface area (Å²) in [6.07, 6.45) is 0. The van der Waals surface area contributed by atoms with Gasteiger partial charge < -0.3 is 14.5 Å². The van der Waals surface area contributed by atoms with E-state index in [2.05, 4.69) is 20.5 Å². The van der Waals surface area contributed by atoms with Gasteiger partial charge in [-0.3, -0.25) is 4.79 Å². The third-order valence-electron chi connectivity index (χ3n) is 4.41. The van der Waals surface area contributed by atoms with Crippen LogP contribution in [-0.2, 0) is 11.4 Å². The van der Waals surface area contributed by atoms with Gasteiger partial charge in [0.05, 0.1) is 11.4 Å². The molecular weight excluding hydrogens is 468 g/mol. The lowest BCUT2D eigenvalue weighted by Gasteiger charge is -2.09. The second kappa shape index (κ2) is 10.2. The number of carbonyl (C=O) groups excluding carboxylic acids is 1. The number of nitrogens with one attached hydrogen (secondary N) is 1. The molecule has 4 aromatic rings. The van der Waals surface area contributed by atoms with E-state index in [1.807, 2.05) is 49.6 Å². The number of thioether (sulfide) groups is 1. The van der Waals surface area contributed by atoms with Crippen molar-refractivity contribution in [1.29, 1.82) is 0 Å². The number of aromatic nitrogens is 3. The Morgan fingerprint density at radius 3 is 2.66 bits per heavy atom. The summed E-state index contributed by atoms with van der Waals surface area (Å²) in [4.78, 5) is 16.7. The highest BCUT2D eigenvalue weighted by Crippen LogP contribution is 2.27. The van der Waals surface area contributed by atoms with Crippen LogP contribution < -0.4 is 10.1 Å². The molecule has 0 aliphatic rings. The SMILES string of the molecule is Cc1cccc(C)c1OCc1nnc(SCC(=O)Nc2nc(-c3ccc(Cl)cc3)cs2)o1. The monoisotopic (exact) mass is 486 g/mol. The van der Waals surface area contributed by atoms with E-state index < -0.39 is 0 Å². The number of aryl methyl sites for hydroxylation is 2. The molecule has 0 atom stereocenters. The topological polar surface area (TPSA) is 90.1 Å². The largest absolute Gasteiger partial charge is 0.483 e. The highest BCUT2D eigenvalue weighted by Gasteiger charge is 2.13. The Labute approximate surface area is 198 Å². The molecule has 2 heterocycles. The fourth-order valence-electron chi connectivity index (χ4n) is 2.88. The summed E-state index contributed by atoms with van der Waals surface area (Å²) in [5.74, 6) is 1.07. The minimum Gasteiger partial charge on any atom is -0.483 e. The van der Waals surface area contributed by atoms with Crippen molar-refractivity contribution in [2.75, 3.05) is 11.1 Å². The molecule has 0 radical (unpaired) electrons. The van der Waals surface area contributed by atoms with E-state index >= 15 is 0 Å². The Balaban J connectivity index is 1.27. The van der Waals surface area contributed by atoms with Crippen LogP contribution in [0.25, 0.3) is 11.3 Å². The van der Waals surface area contributed by atoms with Gasteiger partial charge in [0.25, 0.3) is 11.1 Å². The van der Waals surface area contributed by atoms with Crippen LogP contribution in [0.15, 0.2) is 57.5 Å². The standard InChI is InChI=1S/C22H19ClN4O3S2/c1-13-4-3-5-14(2)20(13)29-10-19-26-27-22(30-19)32-12-18(28)25-21-24-17(11-31-21)15-6-8-16(23)9-7-15/h3-9,11H,10,12H2,1-2H3,(H,24,25,28). The normalized spacial score (nSPS) is 10.8. The van der Waals surface area contributed by atoms with Crippen molar-refractivity contribution in [3.8, 4) is 17.0 Å². The first-order chi connectivity index (χ1) is 15.5. The Morgan fingerprint density at radius 1 is 1.16 bits per heavy atom. The Bertz CT molecular complexity index is 1200. The van der Waals surface area contributed by atoms with E-state index in [4.69, 9.17) is 20.8 Å². The van der Waals surface area contributed by atoms with Crippen LogP contribution in [0.1, 0.15) is 17.0 Å². The quantitative estimate of drug-likeness (QED) is 0.316. The molecule has 0 unspecified atom stereocenters. The lowest BCUT2D eigenvalue weighted by Crippen LogP contribution is -2.13.